The number of carbonyl (C=O) groups is 1. The van der Waals surface area contributed by atoms with E-state index in [2.05, 4.69) is 16.9 Å². The van der Waals surface area contributed by atoms with Gasteiger partial charge in [-0.3, -0.25) is 14.4 Å². The first-order valence-corrected chi connectivity index (χ1v) is 7.27. The molecule has 0 aromatic carbocycles. The van der Waals surface area contributed by atoms with Gasteiger partial charge in [-0.05, 0) is 31.3 Å². The molecular formula is C14H23N5O. The van der Waals surface area contributed by atoms with E-state index in [9.17, 15) is 4.79 Å². The molecule has 110 valence electrons. The van der Waals surface area contributed by atoms with Crippen LogP contribution in [0.4, 0.5) is 5.69 Å². The van der Waals surface area contributed by atoms with Crippen LogP contribution < -0.4 is 10.6 Å². The molecule has 2 saturated heterocycles. The van der Waals surface area contributed by atoms with Gasteiger partial charge in [-0.25, -0.2) is 0 Å². The molecule has 3 heterocycles. The largest absolute Gasteiger partial charge is 0.330 e. The SMILES string of the molecule is Cn1cc(N2CCC(N3CCC(C)(CN)C3)C2=O)cn1. The molecule has 2 aliphatic heterocycles. The molecule has 0 spiro atoms. The fourth-order valence-corrected chi connectivity index (χ4v) is 3.30. The van der Waals surface area contributed by atoms with Crippen LogP contribution in [0.2, 0.25) is 0 Å². The van der Waals surface area contributed by atoms with E-state index in [1.807, 2.05) is 18.1 Å². The van der Waals surface area contributed by atoms with Crippen LogP contribution in [0.25, 0.3) is 0 Å². The highest BCUT2D eigenvalue weighted by atomic mass is 16.2. The molecule has 1 aromatic rings. The van der Waals surface area contributed by atoms with Gasteiger partial charge in [-0.2, -0.15) is 5.10 Å². The lowest BCUT2D eigenvalue weighted by Gasteiger charge is -2.26. The number of aromatic nitrogens is 2. The van der Waals surface area contributed by atoms with E-state index < -0.39 is 0 Å². The van der Waals surface area contributed by atoms with E-state index in [0.29, 0.717) is 6.54 Å². The topological polar surface area (TPSA) is 67.4 Å². The van der Waals surface area contributed by atoms with Gasteiger partial charge in [0.1, 0.15) is 0 Å². The van der Waals surface area contributed by atoms with Crippen molar-refractivity contribution < 1.29 is 4.79 Å². The van der Waals surface area contributed by atoms with Crippen LogP contribution in [0.1, 0.15) is 19.8 Å². The molecular weight excluding hydrogens is 254 g/mol. The van der Waals surface area contributed by atoms with Crippen molar-refractivity contribution in [3.8, 4) is 0 Å². The molecule has 0 bridgehead atoms. The van der Waals surface area contributed by atoms with Gasteiger partial charge in [0.05, 0.1) is 17.9 Å². The van der Waals surface area contributed by atoms with Gasteiger partial charge in [0, 0.05) is 26.3 Å². The lowest BCUT2D eigenvalue weighted by molar-refractivity contribution is -0.121. The van der Waals surface area contributed by atoms with E-state index >= 15 is 0 Å². The van der Waals surface area contributed by atoms with Crippen molar-refractivity contribution in [1.29, 1.82) is 0 Å². The Kier molecular flexibility index (Phi) is 3.30. The number of nitrogens with two attached hydrogens (primary N) is 1. The number of hydrogen-bond donors (Lipinski definition) is 1. The first-order valence-electron chi connectivity index (χ1n) is 7.27. The number of hydrogen-bond acceptors (Lipinski definition) is 4. The summed E-state index contributed by atoms with van der Waals surface area (Å²) < 4.78 is 1.73. The maximum Gasteiger partial charge on any atom is 0.244 e. The summed E-state index contributed by atoms with van der Waals surface area (Å²) in [4.78, 5) is 16.8. The molecule has 3 rings (SSSR count). The zero-order chi connectivity index (χ0) is 14.3. The maximum absolute atomic E-state index is 12.6. The number of anilines is 1. The third-order valence-corrected chi connectivity index (χ3v) is 4.70. The molecule has 6 heteroatoms. The second-order valence-corrected chi connectivity index (χ2v) is 6.40. The summed E-state index contributed by atoms with van der Waals surface area (Å²) in [6.07, 6.45) is 5.64. The van der Waals surface area contributed by atoms with Gasteiger partial charge in [0.25, 0.3) is 0 Å². The smallest absolute Gasteiger partial charge is 0.244 e. The van der Waals surface area contributed by atoms with Crippen molar-refractivity contribution in [2.24, 2.45) is 18.2 Å². The molecule has 1 amide bonds. The monoisotopic (exact) mass is 277 g/mol. The second kappa shape index (κ2) is 4.86. The summed E-state index contributed by atoms with van der Waals surface area (Å²) in [7, 11) is 1.87. The summed E-state index contributed by atoms with van der Waals surface area (Å²) in [6.45, 7) is 5.60. The van der Waals surface area contributed by atoms with Gasteiger partial charge >= 0.3 is 0 Å². The molecule has 1 aromatic heterocycles. The molecule has 2 atom stereocenters. The average Bonchev–Trinajstić information content (AvgIpc) is 3.10. The average molecular weight is 277 g/mol. The molecule has 0 saturated carbocycles. The van der Waals surface area contributed by atoms with Crippen LogP contribution in [-0.2, 0) is 11.8 Å². The second-order valence-electron chi connectivity index (χ2n) is 6.40. The summed E-state index contributed by atoms with van der Waals surface area (Å²) >= 11 is 0. The maximum atomic E-state index is 12.6. The Balaban J connectivity index is 1.70. The molecule has 6 nitrogen and oxygen atoms in total. The third-order valence-electron chi connectivity index (χ3n) is 4.70. The molecule has 2 N–H and O–H groups in total. The molecule has 2 unspecified atom stereocenters. The number of amides is 1. The Morgan fingerprint density at radius 1 is 1.50 bits per heavy atom. The Morgan fingerprint density at radius 3 is 2.90 bits per heavy atom. The molecule has 0 aliphatic carbocycles. The van der Waals surface area contributed by atoms with Gasteiger partial charge in [-0.1, -0.05) is 6.92 Å². The van der Waals surface area contributed by atoms with Crippen LogP contribution in [0, 0.1) is 5.41 Å². The van der Waals surface area contributed by atoms with Crippen LogP contribution in [0.5, 0.6) is 0 Å². The number of nitrogens with zero attached hydrogens (tertiary/aromatic N) is 4. The molecule has 0 radical (unpaired) electrons. The van der Waals surface area contributed by atoms with E-state index in [4.69, 9.17) is 5.73 Å². The molecule has 2 fully saturated rings. The minimum absolute atomic E-state index is 0.0172. The van der Waals surface area contributed by atoms with Gasteiger partial charge in [-0.15, -0.1) is 0 Å². The standard InChI is InChI=1S/C14H23N5O/c1-14(9-15)4-6-18(10-14)12-3-5-19(13(12)20)11-7-16-17(2)8-11/h7-8,12H,3-6,9-10,15H2,1-2H3. The highest BCUT2D eigenvalue weighted by Crippen LogP contribution is 2.33. The Hall–Kier alpha value is -1.40. The lowest BCUT2D eigenvalue weighted by Crippen LogP contribution is -2.42. The number of carbonyl (C=O) groups excluding carboxylic acids is 1. The van der Waals surface area contributed by atoms with Crippen molar-refractivity contribution in [3.05, 3.63) is 12.4 Å². The first kappa shape index (κ1) is 13.6. The summed E-state index contributed by atoms with van der Waals surface area (Å²) in [5, 5.41) is 4.15. The molecule has 2 aliphatic rings. The van der Waals surface area contributed by atoms with Crippen molar-refractivity contribution in [2.75, 3.05) is 31.1 Å². The van der Waals surface area contributed by atoms with Gasteiger partial charge < -0.3 is 10.6 Å². The minimum Gasteiger partial charge on any atom is -0.330 e. The Bertz CT molecular complexity index is 513. The Labute approximate surface area is 119 Å². The normalized spacial score (nSPS) is 31.4. The van der Waals surface area contributed by atoms with Crippen molar-refractivity contribution in [2.45, 2.75) is 25.8 Å². The summed E-state index contributed by atoms with van der Waals surface area (Å²) in [6, 6.07) is 0.0172. The fraction of sp³-hybridized carbons (Fsp3) is 0.714. The van der Waals surface area contributed by atoms with E-state index in [-0.39, 0.29) is 17.4 Å². The fourth-order valence-electron chi connectivity index (χ4n) is 3.30. The van der Waals surface area contributed by atoms with Gasteiger partial charge in [0.15, 0.2) is 0 Å². The van der Waals surface area contributed by atoms with Crippen molar-refractivity contribution >= 4 is 11.6 Å². The first-order chi connectivity index (χ1) is 9.52. The third kappa shape index (κ3) is 2.23. The number of aryl methyl sites for hydroxylation is 1. The zero-order valence-corrected chi connectivity index (χ0v) is 12.2. The van der Waals surface area contributed by atoms with Crippen LogP contribution >= 0.6 is 0 Å². The van der Waals surface area contributed by atoms with Crippen LogP contribution in [0.15, 0.2) is 12.4 Å². The van der Waals surface area contributed by atoms with Crippen molar-refractivity contribution in [1.82, 2.24) is 14.7 Å². The summed E-state index contributed by atoms with van der Waals surface area (Å²) in [5.41, 5.74) is 6.92. The lowest BCUT2D eigenvalue weighted by atomic mass is 9.90. The summed E-state index contributed by atoms with van der Waals surface area (Å²) in [5.74, 6) is 0.208. The van der Waals surface area contributed by atoms with Crippen molar-refractivity contribution in [3.63, 3.8) is 0 Å². The number of likely N-dealkylation sites (tertiary alicyclic amines) is 1. The van der Waals surface area contributed by atoms with E-state index in [0.717, 1.165) is 38.2 Å². The molecule has 20 heavy (non-hydrogen) atoms. The number of rotatable bonds is 3. The predicted molar refractivity (Wildman–Crippen MR) is 77.3 cm³/mol. The van der Waals surface area contributed by atoms with Crippen LogP contribution in [-0.4, -0.2) is 52.8 Å². The van der Waals surface area contributed by atoms with Gasteiger partial charge in [0.2, 0.25) is 5.91 Å². The quantitative estimate of drug-likeness (QED) is 0.857. The Morgan fingerprint density at radius 2 is 2.30 bits per heavy atom. The van der Waals surface area contributed by atoms with Crippen LogP contribution in [0.3, 0.4) is 0 Å². The zero-order valence-electron chi connectivity index (χ0n) is 12.2. The highest BCUT2D eigenvalue weighted by Gasteiger charge is 2.42. The highest BCUT2D eigenvalue weighted by molar-refractivity contribution is 5.99. The predicted octanol–water partition coefficient (Wildman–Crippen LogP) is 0.196. The minimum atomic E-state index is 0.0172. The van der Waals surface area contributed by atoms with E-state index in [1.165, 1.54) is 0 Å². The van der Waals surface area contributed by atoms with E-state index in [1.54, 1.807) is 10.9 Å².